The Hall–Kier alpha value is -2.23. The highest BCUT2D eigenvalue weighted by Crippen LogP contribution is 2.12. The van der Waals surface area contributed by atoms with Crippen molar-refractivity contribution in [3.05, 3.63) is 48.3 Å². The molecule has 0 saturated heterocycles. The van der Waals surface area contributed by atoms with Crippen LogP contribution in [-0.2, 0) is 0 Å². The molecule has 0 radical (unpaired) electrons. The highest BCUT2D eigenvalue weighted by atomic mass is 15.3. The van der Waals surface area contributed by atoms with Gasteiger partial charge in [-0.15, -0.1) is 0 Å². The van der Waals surface area contributed by atoms with E-state index in [2.05, 4.69) is 46.3 Å². The van der Waals surface area contributed by atoms with Crippen LogP contribution in [0.15, 0.2) is 47.8 Å². The van der Waals surface area contributed by atoms with E-state index < -0.39 is 0 Å². The Morgan fingerprint density at radius 3 is 2.53 bits per heavy atom. The summed E-state index contributed by atoms with van der Waals surface area (Å²) in [4.78, 5) is 2.06. The molecular formula is C13H18N4. The fraction of sp³-hybridized carbons (Fsp3) is 0.154. The summed E-state index contributed by atoms with van der Waals surface area (Å²) in [5.41, 5.74) is 10.1. The van der Waals surface area contributed by atoms with E-state index in [0.717, 1.165) is 5.56 Å². The molecule has 0 heterocycles. The lowest BCUT2D eigenvalue weighted by Crippen LogP contribution is -2.11. The average Bonchev–Trinajstić information content (AvgIpc) is 2.29. The van der Waals surface area contributed by atoms with Gasteiger partial charge in [0.05, 0.1) is 0 Å². The summed E-state index contributed by atoms with van der Waals surface area (Å²) in [5, 5.41) is 3.84. The first-order chi connectivity index (χ1) is 8.09. The van der Waals surface area contributed by atoms with Gasteiger partial charge in [0, 0.05) is 26.0 Å². The van der Waals surface area contributed by atoms with Crippen molar-refractivity contribution < 1.29 is 0 Å². The number of benzene rings is 1. The largest absolute Gasteiger partial charge is 0.385 e. The van der Waals surface area contributed by atoms with Crippen LogP contribution in [0.1, 0.15) is 5.56 Å². The summed E-state index contributed by atoms with van der Waals surface area (Å²) in [5.74, 6) is 0.324. The minimum atomic E-state index is 0.324. The normalized spacial score (nSPS) is 10.9. The fourth-order valence-corrected chi connectivity index (χ4v) is 1.20. The van der Waals surface area contributed by atoms with Gasteiger partial charge in [-0.05, 0) is 23.8 Å². The molecule has 4 nitrogen and oxygen atoms in total. The van der Waals surface area contributed by atoms with Crippen molar-refractivity contribution in [3.63, 3.8) is 0 Å². The molecule has 0 saturated carbocycles. The second-order valence-corrected chi connectivity index (χ2v) is 3.76. The third kappa shape index (κ3) is 4.88. The Balaban J connectivity index is 2.54. The van der Waals surface area contributed by atoms with E-state index in [4.69, 9.17) is 5.73 Å². The van der Waals surface area contributed by atoms with Gasteiger partial charge in [-0.25, -0.2) is 0 Å². The van der Waals surface area contributed by atoms with Gasteiger partial charge in [0.25, 0.3) is 0 Å². The van der Waals surface area contributed by atoms with Crippen molar-refractivity contribution in [3.8, 4) is 0 Å². The molecule has 4 heteroatoms. The molecule has 0 unspecified atom stereocenters. The zero-order valence-electron chi connectivity index (χ0n) is 10.2. The first-order valence-electron chi connectivity index (χ1n) is 5.27. The molecule has 0 spiro atoms. The van der Waals surface area contributed by atoms with Crippen molar-refractivity contribution >= 4 is 18.0 Å². The van der Waals surface area contributed by atoms with Gasteiger partial charge in [-0.2, -0.15) is 5.10 Å². The van der Waals surface area contributed by atoms with Crippen molar-refractivity contribution in [1.82, 2.24) is 5.43 Å². The van der Waals surface area contributed by atoms with E-state index in [-0.39, 0.29) is 0 Å². The molecule has 0 aliphatic rings. The van der Waals surface area contributed by atoms with Crippen LogP contribution in [0, 0.1) is 0 Å². The molecular weight excluding hydrogens is 212 g/mol. The molecule has 0 aliphatic carbocycles. The van der Waals surface area contributed by atoms with Crippen molar-refractivity contribution in [2.75, 3.05) is 19.0 Å². The molecule has 0 bridgehead atoms. The predicted octanol–water partition coefficient (Wildman–Crippen LogP) is 1.77. The number of nitrogens with one attached hydrogen (secondary N) is 1. The van der Waals surface area contributed by atoms with Crippen molar-refractivity contribution in [1.29, 1.82) is 0 Å². The van der Waals surface area contributed by atoms with Gasteiger partial charge in [-0.1, -0.05) is 24.8 Å². The molecule has 1 rings (SSSR count). The minimum absolute atomic E-state index is 0.324. The first kappa shape index (κ1) is 12.8. The highest BCUT2D eigenvalue weighted by molar-refractivity contribution is 5.78. The van der Waals surface area contributed by atoms with Crippen LogP contribution in [-0.4, -0.2) is 20.3 Å². The number of hydrogen-bond acceptors (Lipinski definition) is 4. The molecule has 17 heavy (non-hydrogen) atoms. The lowest BCUT2D eigenvalue weighted by molar-refractivity contribution is 0.883. The lowest BCUT2D eigenvalue weighted by atomic mass is 10.2. The zero-order valence-corrected chi connectivity index (χ0v) is 10.2. The maximum Gasteiger partial charge on any atom is 0.109 e. The summed E-state index contributed by atoms with van der Waals surface area (Å²) in [6, 6.07) is 8.23. The summed E-state index contributed by atoms with van der Waals surface area (Å²) in [7, 11) is 4.03. The lowest BCUT2D eigenvalue weighted by Gasteiger charge is -2.11. The van der Waals surface area contributed by atoms with Crippen LogP contribution in [0.25, 0.3) is 6.08 Å². The van der Waals surface area contributed by atoms with E-state index in [1.165, 1.54) is 5.69 Å². The molecule has 1 aromatic carbocycles. The second-order valence-electron chi connectivity index (χ2n) is 3.76. The van der Waals surface area contributed by atoms with Crippen molar-refractivity contribution in [2.45, 2.75) is 0 Å². The van der Waals surface area contributed by atoms with Crippen LogP contribution >= 0.6 is 0 Å². The van der Waals surface area contributed by atoms with Crippen LogP contribution in [0.5, 0.6) is 0 Å². The molecule has 0 atom stereocenters. The van der Waals surface area contributed by atoms with Crippen LogP contribution in [0.4, 0.5) is 5.69 Å². The number of rotatable bonds is 5. The number of anilines is 1. The van der Waals surface area contributed by atoms with E-state index >= 15 is 0 Å². The summed E-state index contributed by atoms with van der Waals surface area (Å²) < 4.78 is 0. The third-order valence-corrected chi connectivity index (χ3v) is 2.07. The molecule has 0 fully saturated rings. The molecule has 0 amide bonds. The number of hydrogen-bond donors (Lipinski definition) is 2. The summed E-state index contributed by atoms with van der Waals surface area (Å²) >= 11 is 0. The first-order valence-corrected chi connectivity index (χ1v) is 5.27. The highest BCUT2D eigenvalue weighted by Gasteiger charge is 1.92. The monoisotopic (exact) mass is 230 g/mol. The summed E-state index contributed by atoms with van der Waals surface area (Å²) in [6.07, 6.45) is 5.42. The Kier molecular flexibility index (Phi) is 4.81. The predicted molar refractivity (Wildman–Crippen MR) is 74.8 cm³/mol. The van der Waals surface area contributed by atoms with Gasteiger partial charge in [0.1, 0.15) is 5.82 Å². The van der Waals surface area contributed by atoms with Gasteiger partial charge in [0.2, 0.25) is 0 Å². The molecule has 90 valence electrons. The number of nitrogens with two attached hydrogens (primary N) is 1. The standard InChI is InChI=1S/C13H18N4/c1-11(14)16-15-10-4-5-12-6-8-13(9-7-12)17(2)3/h4-10,16H,1,14H2,2-3H3/b5-4+,15-10+. The second kappa shape index (κ2) is 6.37. The number of nitrogens with zero attached hydrogens (tertiary/aromatic N) is 2. The topological polar surface area (TPSA) is 53.6 Å². The maximum absolute atomic E-state index is 5.28. The molecule has 0 aliphatic heterocycles. The van der Waals surface area contributed by atoms with Crippen molar-refractivity contribution in [2.24, 2.45) is 10.8 Å². The number of allylic oxidation sites excluding steroid dienone is 1. The van der Waals surface area contributed by atoms with Gasteiger partial charge in [0.15, 0.2) is 0 Å². The summed E-state index contributed by atoms with van der Waals surface area (Å²) in [6.45, 7) is 3.46. The maximum atomic E-state index is 5.28. The minimum Gasteiger partial charge on any atom is -0.385 e. The quantitative estimate of drug-likeness (QED) is 0.599. The fourth-order valence-electron chi connectivity index (χ4n) is 1.20. The smallest absolute Gasteiger partial charge is 0.109 e. The Labute approximate surface area is 102 Å². The zero-order chi connectivity index (χ0) is 12.7. The molecule has 1 aromatic rings. The number of hydrazone groups is 1. The Morgan fingerprint density at radius 2 is 2.00 bits per heavy atom. The van der Waals surface area contributed by atoms with Gasteiger partial charge in [-0.3, -0.25) is 5.43 Å². The van der Waals surface area contributed by atoms with Gasteiger partial charge < -0.3 is 10.6 Å². The average molecular weight is 230 g/mol. The van der Waals surface area contributed by atoms with E-state index in [9.17, 15) is 0 Å². The van der Waals surface area contributed by atoms with E-state index in [0.29, 0.717) is 5.82 Å². The van der Waals surface area contributed by atoms with Crippen LogP contribution in [0.2, 0.25) is 0 Å². The van der Waals surface area contributed by atoms with Crippen LogP contribution < -0.4 is 16.1 Å². The molecule has 3 N–H and O–H groups in total. The Bertz CT molecular complexity index is 416. The van der Waals surface area contributed by atoms with E-state index in [1.807, 2.05) is 26.2 Å². The van der Waals surface area contributed by atoms with E-state index in [1.54, 1.807) is 6.21 Å². The van der Waals surface area contributed by atoms with Crippen LogP contribution in [0.3, 0.4) is 0 Å². The molecule has 0 aromatic heterocycles. The van der Waals surface area contributed by atoms with Gasteiger partial charge >= 0.3 is 0 Å². The SMILES string of the molecule is C=C(N)N/N=C/C=C/c1ccc(N(C)C)cc1. The third-order valence-electron chi connectivity index (χ3n) is 2.07. The Morgan fingerprint density at radius 1 is 1.35 bits per heavy atom.